The molecule has 0 aliphatic carbocycles. The Hall–Kier alpha value is -2.22. The molecule has 0 unspecified atom stereocenters. The first kappa shape index (κ1) is 18.6. The van der Waals surface area contributed by atoms with Gasteiger partial charge in [0.15, 0.2) is 0 Å². The summed E-state index contributed by atoms with van der Waals surface area (Å²) in [6, 6.07) is 8.10. The van der Waals surface area contributed by atoms with Crippen molar-refractivity contribution in [1.29, 1.82) is 0 Å². The number of carbonyl (C=O) groups excluding carboxylic acids is 1. The van der Waals surface area contributed by atoms with Crippen molar-refractivity contribution in [3.05, 3.63) is 30.2 Å². The number of hydrogen-bond donors (Lipinski definition) is 1. The van der Waals surface area contributed by atoms with Gasteiger partial charge in [-0.1, -0.05) is 18.7 Å². The number of rotatable bonds is 7. The average Bonchev–Trinajstić information content (AvgIpc) is 3.15. The number of thioether (sulfide) groups is 1. The second kappa shape index (κ2) is 8.93. The minimum absolute atomic E-state index is 0.104. The van der Waals surface area contributed by atoms with Gasteiger partial charge in [-0.15, -0.1) is 10.2 Å². The Labute approximate surface area is 157 Å². The summed E-state index contributed by atoms with van der Waals surface area (Å²) in [4.78, 5) is 14.4. The van der Waals surface area contributed by atoms with Crippen LogP contribution in [-0.2, 0) is 11.2 Å². The number of amides is 1. The van der Waals surface area contributed by atoms with Crippen molar-refractivity contribution in [2.24, 2.45) is 0 Å². The highest BCUT2D eigenvalue weighted by Gasteiger charge is 2.24. The number of hydrogen-bond acceptors (Lipinski definition) is 7. The third kappa shape index (κ3) is 4.91. The molecule has 1 fully saturated rings. The van der Waals surface area contributed by atoms with Crippen LogP contribution in [0.3, 0.4) is 0 Å². The first-order valence-electron chi connectivity index (χ1n) is 8.81. The molecule has 0 bridgehead atoms. The Bertz CT molecular complexity index is 719. The van der Waals surface area contributed by atoms with Crippen molar-refractivity contribution in [1.82, 2.24) is 15.1 Å². The number of nitrogens with zero attached hydrogens (tertiary/aromatic N) is 3. The number of likely N-dealkylation sites (tertiary alicyclic amines) is 1. The molecule has 1 aromatic heterocycles. The molecule has 0 saturated carbocycles. The van der Waals surface area contributed by atoms with Crippen molar-refractivity contribution in [2.45, 2.75) is 37.5 Å². The van der Waals surface area contributed by atoms with Crippen molar-refractivity contribution in [3.63, 3.8) is 0 Å². The number of ether oxygens (including phenoxy) is 1. The zero-order chi connectivity index (χ0) is 18.4. The van der Waals surface area contributed by atoms with Gasteiger partial charge in [0.25, 0.3) is 5.22 Å². The molecule has 1 aliphatic rings. The van der Waals surface area contributed by atoms with Gasteiger partial charge in [0.05, 0.1) is 12.9 Å². The van der Waals surface area contributed by atoms with E-state index >= 15 is 0 Å². The predicted octanol–water partition coefficient (Wildman–Crippen LogP) is 2.84. The van der Waals surface area contributed by atoms with Gasteiger partial charge in [0.2, 0.25) is 11.8 Å². The van der Waals surface area contributed by atoms with Crippen LogP contribution in [-0.4, -0.2) is 53.0 Å². The molecule has 26 heavy (non-hydrogen) atoms. The summed E-state index contributed by atoms with van der Waals surface area (Å²) in [6.45, 7) is 3.45. The van der Waals surface area contributed by atoms with Crippen LogP contribution in [0.1, 0.15) is 25.7 Å². The maximum atomic E-state index is 12.5. The Morgan fingerprint density at radius 1 is 1.38 bits per heavy atom. The molecule has 3 rings (SSSR count). The van der Waals surface area contributed by atoms with E-state index in [0.29, 0.717) is 29.8 Å². The number of nitrogens with one attached hydrogen (secondary N) is 1. The summed E-state index contributed by atoms with van der Waals surface area (Å²) in [7, 11) is 1.66. The van der Waals surface area contributed by atoms with Crippen molar-refractivity contribution in [2.75, 3.05) is 31.3 Å². The van der Waals surface area contributed by atoms with Crippen LogP contribution in [0.25, 0.3) is 0 Å². The van der Waals surface area contributed by atoms with Crippen LogP contribution in [0.15, 0.2) is 33.9 Å². The van der Waals surface area contributed by atoms with E-state index in [1.54, 1.807) is 7.11 Å². The summed E-state index contributed by atoms with van der Waals surface area (Å²) < 4.78 is 10.6. The second-order valence-electron chi connectivity index (χ2n) is 6.16. The van der Waals surface area contributed by atoms with Crippen molar-refractivity contribution >= 4 is 23.4 Å². The number of carbonyl (C=O) groups is 1. The smallest absolute Gasteiger partial charge is 0.277 e. The molecule has 1 saturated heterocycles. The average molecular weight is 376 g/mol. The number of anilines is 1. The fraction of sp³-hybridized carbons (Fsp3) is 0.500. The van der Waals surface area contributed by atoms with Crippen LogP contribution >= 0.6 is 11.8 Å². The van der Waals surface area contributed by atoms with E-state index in [1.165, 1.54) is 11.8 Å². The van der Waals surface area contributed by atoms with Crippen LogP contribution in [0.5, 0.6) is 5.75 Å². The number of aromatic nitrogens is 2. The quantitative estimate of drug-likeness (QED) is 0.744. The van der Waals surface area contributed by atoms with Gasteiger partial charge < -0.3 is 19.4 Å². The van der Waals surface area contributed by atoms with E-state index in [0.717, 1.165) is 30.8 Å². The maximum Gasteiger partial charge on any atom is 0.277 e. The summed E-state index contributed by atoms with van der Waals surface area (Å²) in [5.41, 5.74) is 1.04. The standard InChI is InChI=1S/C18H24N4O3S/c1-3-16-20-21-18(25-16)26-12-17(23)22-10-4-5-14(11-22)19-13-6-8-15(24-2)9-7-13/h6-9,14,19H,3-5,10-12H2,1-2H3/t14-/m0/s1. The first-order valence-corrected chi connectivity index (χ1v) is 9.80. The van der Waals surface area contributed by atoms with Crippen molar-refractivity contribution < 1.29 is 13.9 Å². The second-order valence-corrected chi connectivity index (χ2v) is 7.08. The van der Waals surface area contributed by atoms with E-state index in [2.05, 4.69) is 15.5 Å². The summed E-state index contributed by atoms with van der Waals surface area (Å²) >= 11 is 1.30. The zero-order valence-electron chi connectivity index (χ0n) is 15.1. The third-order valence-electron chi connectivity index (χ3n) is 4.30. The van der Waals surface area contributed by atoms with Crippen LogP contribution in [0.4, 0.5) is 5.69 Å². The molecule has 1 N–H and O–H groups in total. The predicted molar refractivity (Wildman–Crippen MR) is 101 cm³/mol. The third-order valence-corrected chi connectivity index (χ3v) is 5.11. The molecule has 1 aliphatic heterocycles. The normalized spacial score (nSPS) is 17.2. The van der Waals surface area contributed by atoms with Gasteiger partial charge in [0, 0.05) is 31.2 Å². The van der Waals surface area contributed by atoms with Gasteiger partial charge in [-0.05, 0) is 37.1 Å². The molecule has 2 heterocycles. The van der Waals surface area contributed by atoms with Gasteiger partial charge in [-0.3, -0.25) is 4.79 Å². The van der Waals surface area contributed by atoms with E-state index in [4.69, 9.17) is 9.15 Å². The summed E-state index contributed by atoms with van der Waals surface area (Å²) in [5, 5.41) is 11.8. The molecule has 7 nitrogen and oxygen atoms in total. The lowest BCUT2D eigenvalue weighted by molar-refractivity contribution is -0.129. The lowest BCUT2D eigenvalue weighted by Gasteiger charge is -2.33. The van der Waals surface area contributed by atoms with Gasteiger partial charge >= 0.3 is 0 Å². The van der Waals surface area contributed by atoms with Gasteiger partial charge in [0.1, 0.15) is 5.75 Å². The lowest BCUT2D eigenvalue weighted by atomic mass is 10.1. The maximum absolute atomic E-state index is 12.5. The first-order chi connectivity index (χ1) is 12.7. The van der Waals surface area contributed by atoms with Crippen LogP contribution in [0, 0.1) is 0 Å². The topological polar surface area (TPSA) is 80.5 Å². The van der Waals surface area contributed by atoms with E-state index in [-0.39, 0.29) is 11.9 Å². The minimum atomic E-state index is 0.104. The van der Waals surface area contributed by atoms with E-state index in [9.17, 15) is 4.79 Å². The molecule has 140 valence electrons. The Kier molecular flexibility index (Phi) is 6.38. The fourth-order valence-corrected chi connectivity index (χ4v) is 3.58. The van der Waals surface area contributed by atoms with E-state index in [1.807, 2.05) is 36.1 Å². The monoisotopic (exact) mass is 376 g/mol. The number of methoxy groups -OCH3 is 1. The Balaban J connectivity index is 1.49. The molecule has 1 atom stereocenters. The molecule has 0 radical (unpaired) electrons. The SMILES string of the molecule is CCc1nnc(SCC(=O)N2CCC[C@H](Nc3ccc(OC)cc3)C2)o1. The number of piperidine rings is 1. The number of aryl methyl sites for hydroxylation is 1. The van der Waals surface area contributed by atoms with Crippen LogP contribution in [0.2, 0.25) is 0 Å². The zero-order valence-corrected chi connectivity index (χ0v) is 15.9. The molecule has 1 amide bonds. The Morgan fingerprint density at radius 2 is 2.19 bits per heavy atom. The van der Waals surface area contributed by atoms with E-state index < -0.39 is 0 Å². The highest BCUT2D eigenvalue weighted by atomic mass is 32.2. The van der Waals surface area contributed by atoms with Gasteiger partial charge in [-0.2, -0.15) is 0 Å². The largest absolute Gasteiger partial charge is 0.497 e. The summed E-state index contributed by atoms with van der Waals surface area (Å²) in [6.07, 6.45) is 2.74. The molecule has 0 spiro atoms. The number of benzene rings is 1. The fourth-order valence-electron chi connectivity index (χ4n) is 2.90. The molecular formula is C18H24N4O3S. The van der Waals surface area contributed by atoms with Gasteiger partial charge in [-0.25, -0.2) is 0 Å². The van der Waals surface area contributed by atoms with Crippen LogP contribution < -0.4 is 10.1 Å². The summed E-state index contributed by atoms with van der Waals surface area (Å²) in [5.74, 6) is 1.86. The Morgan fingerprint density at radius 3 is 2.88 bits per heavy atom. The molecule has 1 aromatic carbocycles. The lowest BCUT2D eigenvalue weighted by Crippen LogP contribution is -2.45. The molecular weight excluding hydrogens is 352 g/mol. The molecule has 8 heteroatoms. The minimum Gasteiger partial charge on any atom is -0.497 e. The highest BCUT2D eigenvalue weighted by molar-refractivity contribution is 7.99. The van der Waals surface area contributed by atoms with Crippen molar-refractivity contribution in [3.8, 4) is 5.75 Å². The highest BCUT2D eigenvalue weighted by Crippen LogP contribution is 2.21. The molecule has 2 aromatic rings.